The molecule has 0 atom stereocenters. The van der Waals surface area contributed by atoms with Gasteiger partial charge in [-0.3, -0.25) is 9.36 Å². The molecule has 4 aromatic rings. The van der Waals surface area contributed by atoms with Crippen LogP contribution in [0.25, 0.3) is 11.4 Å². The summed E-state index contributed by atoms with van der Waals surface area (Å²) in [5, 5.41) is 9.60. The van der Waals surface area contributed by atoms with Crippen molar-refractivity contribution >= 4 is 17.7 Å². The van der Waals surface area contributed by atoms with E-state index in [4.69, 9.17) is 4.42 Å². The Balaban J connectivity index is 1.35. The fourth-order valence-corrected chi connectivity index (χ4v) is 4.89. The van der Waals surface area contributed by atoms with E-state index < -0.39 is 0 Å². The van der Waals surface area contributed by atoms with E-state index in [0.717, 1.165) is 40.8 Å². The molecule has 0 fully saturated rings. The van der Waals surface area contributed by atoms with Crippen LogP contribution < -0.4 is 0 Å². The Bertz CT molecular complexity index is 1230. The number of thioether (sulfide) groups is 1. The maximum atomic E-state index is 13.0. The second kappa shape index (κ2) is 9.04. The van der Waals surface area contributed by atoms with Gasteiger partial charge in [-0.2, -0.15) is 0 Å². The third-order valence-electron chi connectivity index (χ3n) is 5.81. The molecule has 0 bridgehead atoms. The maximum absolute atomic E-state index is 13.0. The summed E-state index contributed by atoms with van der Waals surface area (Å²) in [6, 6.07) is 20.5. The fraction of sp³-hybridized carbons (Fsp3) is 0.240. The molecule has 0 radical (unpaired) electrons. The number of aryl methyl sites for hydroxylation is 1. The Labute approximate surface area is 191 Å². The van der Waals surface area contributed by atoms with Gasteiger partial charge in [0, 0.05) is 13.1 Å². The number of benzene rings is 2. The highest BCUT2D eigenvalue weighted by Crippen LogP contribution is 2.28. The van der Waals surface area contributed by atoms with E-state index in [-0.39, 0.29) is 5.91 Å². The first-order chi connectivity index (χ1) is 15.7. The molecule has 162 valence electrons. The molecule has 0 spiro atoms. The number of nitrogens with zero attached hydrogens (tertiary/aromatic N) is 4. The second-order valence-electron chi connectivity index (χ2n) is 7.89. The zero-order chi connectivity index (χ0) is 21.9. The van der Waals surface area contributed by atoms with Crippen molar-refractivity contribution in [2.24, 2.45) is 0 Å². The molecule has 1 aliphatic heterocycles. The van der Waals surface area contributed by atoms with Gasteiger partial charge >= 0.3 is 0 Å². The number of aromatic nitrogens is 3. The molecule has 7 heteroatoms. The molecule has 0 unspecified atom stereocenters. The number of carbonyl (C=O) groups is 1. The second-order valence-corrected chi connectivity index (χ2v) is 8.83. The lowest BCUT2D eigenvalue weighted by atomic mass is 10.00. The summed E-state index contributed by atoms with van der Waals surface area (Å²) in [4.78, 5) is 14.9. The van der Waals surface area contributed by atoms with Gasteiger partial charge in [0.2, 0.25) is 5.91 Å². The van der Waals surface area contributed by atoms with Crippen molar-refractivity contribution < 1.29 is 9.21 Å². The van der Waals surface area contributed by atoms with Crippen molar-refractivity contribution in [2.45, 2.75) is 31.6 Å². The highest BCUT2D eigenvalue weighted by Gasteiger charge is 2.23. The van der Waals surface area contributed by atoms with Crippen molar-refractivity contribution in [3.05, 3.63) is 89.4 Å². The molecule has 0 saturated carbocycles. The van der Waals surface area contributed by atoms with Crippen LogP contribution in [-0.2, 0) is 24.3 Å². The third kappa shape index (κ3) is 4.21. The van der Waals surface area contributed by atoms with Gasteiger partial charge in [0.15, 0.2) is 11.0 Å². The molecule has 32 heavy (non-hydrogen) atoms. The zero-order valence-corrected chi connectivity index (χ0v) is 18.7. The van der Waals surface area contributed by atoms with Crippen LogP contribution in [0.5, 0.6) is 0 Å². The van der Waals surface area contributed by atoms with Crippen LogP contribution in [0.2, 0.25) is 0 Å². The largest absolute Gasteiger partial charge is 0.469 e. The molecule has 2 aromatic heterocycles. The number of hydrogen-bond acceptors (Lipinski definition) is 5. The zero-order valence-electron chi connectivity index (χ0n) is 17.9. The third-order valence-corrected chi connectivity index (χ3v) is 6.76. The summed E-state index contributed by atoms with van der Waals surface area (Å²) in [6.07, 6.45) is 2.57. The van der Waals surface area contributed by atoms with Gasteiger partial charge in [-0.05, 0) is 36.1 Å². The first-order valence-corrected chi connectivity index (χ1v) is 11.7. The molecule has 2 aromatic carbocycles. The van der Waals surface area contributed by atoms with Crippen LogP contribution >= 0.6 is 11.8 Å². The van der Waals surface area contributed by atoms with Gasteiger partial charge < -0.3 is 9.32 Å². The van der Waals surface area contributed by atoms with Gasteiger partial charge in [0.05, 0.1) is 24.1 Å². The van der Waals surface area contributed by atoms with Gasteiger partial charge in [-0.25, -0.2) is 0 Å². The summed E-state index contributed by atoms with van der Waals surface area (Å²) < 4.78 is 7.56. The minimum Gasteiger partial charge on any atom is -0.469 e. The van der Waals surface area contributed by atoms with E-state index in [1.165, 1.54) is 22.9 Å². The van der Waals surface area contributed by atoms with Crippen LogP contribution in [0.1, 0.15) is 22.5 Å². The topological polar surface area (TPSA) is 64.2 Å². The minimum absolute atomic E-state index is 0.125. The standard InChI is InChI=1S/C25H24N4O2S/c1-18-22(12-14-31-18)24-26-27-25(29(24)15-19-7-3-2-4-8-19)32-17-23(30)28-13-11-20-9-5-6-10-21(20)16-28/h2-10,12,14H,11,13,15-17H2,1H3. The van der Waals surface area contributed by atoms with E-state index in [1.807, 2.05) is 42.2 Å². The molecular formula is C25H24N4O2S. The first kappa shape index (κ1) is 20.6. The number of rotatable bonds is 6. The van der Waals surface area contributed by atoms with Crippen molar-refractivity contribution in [1.82, 2.24) is 19.7 Å². The predicted octanol–water partition coefficient (Wildman–Crippen LogP) is 4.57. The number of carbonyl (C=O) groups excluding carboxylic acids is 1. The first-order valence-electron chi connectivity index (χ1n) is 10.7. The fourth-order valence-electron chi connectivity index (χ4n) is 4.05. The van der Waals surface area contributed by atoms with Gasteiger partial charge in [-0.15, -0.1) is 10.2 Å². The molecule has 0 saturated heterocycles. The Kier molecular flexibility index (Phi) is 5.81. The quantitative estimate of drug-likeness (QED) is 0.408. The van der Waals surface area contributed by atoms with Gasteiger partial charge in [-0.1, -0.05) is 66.4 Å². The Morgan fingerprint density at radius 2 is 1.81 bits per heavy atom. The van der Waals surface area contributed by atoms with Crippen LogP contribution in [-0.4, -0.2) is 37.9 Å². The molecule has 0 N–H and O–H groups in total. The molecule has 0 aliphatic carbocycles. The molecular weight excluding hydrogens is 420 g/mol. The average molecular weight is 445 g/mol. The van der Waals surface area contributed by atoms with E-state index in [1.54, 1.807) is 6.26 Å². The normalized spacial score (nSPS) is 13.2. The summed E-state index contributed by atoms with van der Waals surface area (Å²) >= 11 is 1.44. The summed E-state index contributed by atoms with van der Waals surface area (Å²) in [7, 11) is 0. The minimum atomic E-state index is 0.125. The molecule has 1 amide bonds. The lowest BCUT2D eigenvalue weighted by Crippen LogP contribution is -2.37. The van der Waals surface area contributed by atoms with E-state index in [9.17, 15) is 4.79 Å². The van der Waals surface area contributed by atoms with Crippen molar-refractivity contribution in [2.75, 3.05) is 12.3 Å². The Morgan fingerprint density at radius 1 is 1.03 bits per heavy atom. The summed E-state index contributed by atoms with van der Waals surface area (Å²) in [5.74, 6) is 2.01. The molecule has 3 heterocycles. The van der Waals surface area contributed by atoms with Crippen molar-refractivity contribution in [1.29, 1.82) is 0 Å². The van der Waals surface area contributed by atoms with E-state index in [2.05, 4.69) is 45.1 Å². The summed E-state index contributed by atoms with van der Waals surface area (Å²) in [6.45, 7) is 3.97. The Hall–Kier alpha value is -3.32. The lowest BCUT2D eigenvalue weighted by Gasteiger charge is -2.28. The van der Waals surface area contributed by atoms with Crippen LogP contribution in [0.15, 0.2) is 76.5 Å². The van der Waals surface area contributed by atoms with Gasteiger partial charge in [0.25, 0.3) is 0 Å². The number of hydrogen-bond donors (Lipinski definition) is 0. The maximum Gasteiger partial charge on any atom is 0.233 e. The van der Waals surface area contributed by atoms with Crippen molar-refractivity contribution in [3.63, 3.8) is 0 Å². The predicted molar refractivity (Wildman–Crippen MR) is 124 cm³/mol. The smallest absolute Gasteiger partial charge is 0.233 e. The van der Waals surface area contributed by atoms with Gasteiger partial charge in [0.1, 0.15) is 5.76 Å². The highest BCUT2D eigenvalue weighted by molar-refractivity contribution is 7.99. The lowest BCUT2D eigenvalue weighted by molar-refractivity contribution is -0.129. The summed E-state index contributed by atoms with van der Waals surface area (Å²) in [5.41, 5.74) is 4.64. The number of amides is 1. The number of furan rings is 1. The molecule has 6 nitrogen and oxygen atoms in total. The van der Waals surface area contributed by atoms with E-state index in [0.29, 0.717) is 18.8 Å². The van der Waals surface area contributed by atoms with Crippen LogP contribution in [0, 0.1) is 6.92 Å². The van der Waals surface area contributed by atoms with Crippen LogP contribution in [0.4, 0.5) is 0 Å². The van der Waals surface area contributed by atoms with Crippen LogP contribution in [0.3, 0.4) is 0 Å². The molecule has 5 rings (SSSR count). The van der Waals surface area contributed by atoms with Crippen molar-refractivity contribution in [3.8, 4) is 11.4 Å². The Morgan fingerprint density at radius 3 is 2.59 bits per heavy atom. The monoisotopic (exact) mass is 444 g/mol. The molecule has 1 aliphatic rings. The van der Waals surface area contributed by atoms with E-state index >= 15 is 0 Å². The average Bonchev–Trinajstić information content (AvgIpc) is 3.43. The SMILES string of the molecule is Cc1occc1-c1nnc(SCC(=O)N2CCc3ccccc3C2)n1Cc1ccccc1. The highest BCUT2D eigenvalue weighted by atomic mass is 32.2. The number of fused-ring (bicyclic) bond motifs is 1.